The van der Waals surface area contributed by atoms with Crippen molar-refractivity contribution in [2.75, 3.05) is 4.90 Å². The maximum absolute atomic E-state index is 6.73. The second-order valence-electron chi connectivity index (χ2n) is 16.1. The molecular formula is C58H36N2O2. The van der Waals surface area contributed by atoms with Gasteiger partial charge in [0.15, 0.2) is 0 Å². The largest absolute Gasteiger partial charge is 0.455 e. The fourth-order valence-corrected chi connectivity index (χ4v) is 9.92. The molecule has 3 aromatic heterocycles. The Morgan fingerprint density at radius 1 is 0.532 bits per heavy atom. The molecule has 0 amide bonds. The number of hydrogen-bond donors (Lipinski definition) is 0. The van der Waals surface area contributed by atoms with Crippen LogP contribution in [0, 0.1) is 12.1 Å². The maximum atomic E-state index is 6.73. The van der Waals surface area contributed by atoms with Crippen molar-refractivity contribution in [1.29, 1.82) is 0 Å². The maximum Gasteiger partial charge on any atom is 0.143 e. The Bertz CT molecular complexity index is 3770. The Hall–Kier alpha value is -8.26. The van der Waals surface area contributed by atoms with Crippen LogP contribution in [0.4, 0.5) is 17.1 Å². The minimum Gasteiger partial charge on any atom is -0.455 e. The molecule has 12 aromatic rings. The number of benzene rings is 8. The van der Waals surface area contributed by atoms with E-state index in [1.165, 1.54) is 22.2 Å². The molecule has 3 heterocycles. The van der Waals surface area contributed by atoms with E-state index in [4.69, 9.17) is 8.83 Å². The Balaban J connectivity index is 1.00. The average molecular weight is 793 g/mol. The fraction of sp³-hybridized carbons (Fsp3) is 0.0345. The van der Waals surface area contributed by atoms with Crippen LogP contribution >= 0.6 is 0 Å². The van der Waals surface area contributed by atoms with E-state index in [2.05, 4.69) is 204 Å². The fourth-order valence-electron chi connectivity index (χ4n) is 9.92. The Morgan fingerprint density at radius 2 is 1.29 bits per heavy atom. The summed E-state index contributed by atoms with van der Waals surface area (Å²) >= 11 is 0. The third-order valence-electron chi connectivity index (χ3n) is 12.7. The molecule has 0 bridgehead atoms. The van der Waals surface area contributed by atoms with Gasteiger partial charge in [-0.05, 0) is 90.5 Å². The zero-order valence-electron chi connectivity index (χ0n) is 33.6. The van der Waals surface area contributed by atoms with Gasteiger partial charge < -0.3 is 18.3 Å². The van der Waals surface area contributed by atoms with Crippen molar-refractivity contribution < 1.29 is 8.83 Å². The van der Waals surface area contributed by atoms with Gasteiger partial charge in [-0.25, -0.2) is 0 Å². The molecule has 0 radical (unpaired) electrons. The van der Waals surface area contributed by atoms with Crippen LogP contribution in [-0.4, -0.2) is 4.57 Å². The number of anilines is 3. The van der Waals surface area contributed by atoms with Crippen LogP contribution in [0.3, 0.4) is 0 Å². The molecule has 0 fully saturated rings. The van der Waals surface area contributed by atoms with Gasteiger partial charge in [0.2, 0.25) is 0 Å². The van der Waals surface area contributed by atoms with E-state index in [-0.39, 0.29) is 0 Å². The molecule has 13 rings (SSSR count). The molecular weight excluding hydrogens is 757 g/mol. The van der Waals surface area contributed by atoms with Gasteiger partial charge in [-0.3, -0.25) is 0 Å². The van der Waals surface area contributed by atoms with Gasteiger partial charge in [0, 0.05) is 60.6 Å². The van der Waals surface area contributed by atoms with E-state index in [1.54, 1.807) is 0 Å². The van der Waals surface area contributed by atoms with Crippen molar-refractivity contribution in [2.45, 2.75) is 12.8 Å². The summed E-state index contributed by atoms with van der Waals surface area (Å²) in [4.78, 5) is 2.29. The molecule has 1 aliphatic carbocycles. The third kappa shape index (κ3) is 5.22. The van der Waals surface area contributed by atoms with E-state index < -0.39 is 0 Å². The third-order valence-corrected chi connectivity index (χ3v) is 12.7. The minimum atomic E-state index is 0.828. The number of fused-ring (bicyclic) bond motifs is 11. The summed E-state index contributed by atoms with van der Waals surface area (Å²) < 4.78 is 15.7. The van der Waals surface area contributed by atoms with Gasteiger partial charge in [-0.2, -0.15) is 0 Å². The molecule has 4 heteroatoms. The summed E-state index contributed by atoms with van der Waals surface area (Å²) in [6, 6.07) is 71.7. The van der Waals surface area contributed by atoms with Crippen LogP contribution in [-0.2, 0) is 6.42 Å². The molecule has 0 saturated carbocycles. The zero-order valence-corrected chi connectivity index (χ0v) is 33.6. The second kappa shape index (κ2) is 13.6. The first-order valence-corrected chi connectivity index (χ1v) is 21.2. The predicted molar refractivity (Wildman–Crippen MR) is 256 cm³/mol. The zero-order chi connectivity index (χ0) is 40.7. The molecule has 290 valence electrons. The van der Waals surface area contributed by atoms with Gasteiger partial charge in [0.1, 0.15) is 22.3 Å². The summed E-state index contributed by atoms with van der Waals surface area (Å²) in [5.41, 5.74) is 15.5. The molecule has 1 aliphatic rings. The molecule has 4 nitrogen and oxygen atoms in total. The smallest absolute Gasteiger partial charge is 0.143 e. The molecule has 62 heavy (non-hydrogen) atoms. The van der Waals surface area contributed by atoms with Crippen LogP contribution < -0.4 is 4.90 Å². The molecule has 0 unspecified atom stereocenters. The minimum absolute atomic E-state index is 0.828. The number of allylic oxidation sites excluding steroid dienone is 1. The van der Waals surface area contributed by atoms with Crippen molar-refractivity contribution in [2.24, 2.45) is 0 Å². The highest BCUT2D eigenvalue weighted by Gasteiger charge is 2.23. The van der Waals surface area contributed by atoms with Crippen LogP contribution in [0.2, 0.25) is 0 Å². The number of rotatable bonds is 6. The molecule has 0 atom stereocenters. The monoisotopic (exact) mass is 792 g/mol. The van der Waals surface area contributed by atoms with Crippen molar-refractivity contribution >= 4 is 88.7 Å². The summed E-state index contributed by atoms with van der Waals surface area (Å²) in [5, 5.41) is 7.84. The molecule has 9 aromatic carbocycles. The van der Waals surface area contributed by atoms with Gasteiger partial charge in [0.05, 0.1) is 28.0 Å². The van der Waals surface area contributed by atoms with Crippen LogP contribution in [0.25, 0.3) is 99.6 Å². The normalized spacial score (nSPS) is 12.5. The van der Waals surface area contributed by atoms with Gasteiger partial charge in [-0.15, -0.1) is 0 Å². The van der Waals surface area contributed by atoms with E-state index in [0.717, 1.165) is 112 Å². The second-order valence-corrected chi connectivity index (χ2v) is 16.1. The summed E-state index contributed by atoms with van der Waals surface area (Å²) in [6.45, 7) is 0. The van der Waals surface area contributed by atoms with Crippen molar-refractivity contribution in [1.82, 2.24) is 4.57 Å². The lowest BCUT2D eigenvalue weighted by Gasteiger charge is -2.25. The van der Waals surface area contributed by atoms with Crippen LogP contribution in [0.1, 0.15) is 17.7 Å². The quantitative estimate of drug-likeness (QED) is 0.168. The first-order chi connectivity index (χ1) is 30.8. The lowest BCUT2D eigenvalue weighted by atomic mass is 10.0. The standard InChI is InChI=1S/C58H36N2O2/c1-2-18-43-37(14-1)32-35-49-56-53(27-13-29-55(56)62-58(43)49)59(41-16-11-15-39(36-41)44-22-12-23-48-47-21-6-10-28-54(47)61-57(44)48)40-33-30-38(31-34-40)42-17-3-7-24-50(42)60-51-25-8-4-19-45(51)46-20-5-9-26-52(46)60/h1-8,10-25,27-30,32-33,35-36H,9,26H2. The lowest BCUT2D eigenvalue weighted by molar-refractivity contribution is 0.670. The van der Waals surface area contributed by atoms with Gasteiger partial charge >= 0.3 is 0 Å². The van der Waals surface area contributed by atoms with Gasteiger partial charge in [-0.1, -0.05) is 140 Å². The molecule has 0 aliphatic heterocycles. The van der Waals surface area contributed by atoms with E-state index >= 15 is 0 Å². The lowest BCUT2D eigenvalue weighted by Crippen LogP contribution is -2.10. The van der Waals surface area contributed by atoms with Crippen LogP contribution in [0.15, 0.2) is 197 Å². The number of furan rings is 2. The van der Waals surface area contributed by atoms with Gasteiger partial charge in [0.25, 0.3) is 0 Å². The highest BCUT2D eigenvalue weighted by atomic mass is 16.3. The summed E-state index contributed by atoms with van der Waals surface area (Å²) in [6.07, 6.45) is 6.61. The number of nitrogens with zero attached hydrogens (tertiary/aromatic N) is 2. The van der Waals surface area contributed by atoms with E-state index in [9.17, 15) is 0 Å². The number of hydrogen-bond acceptors (Lipinski definition) is 3. The topological polar surface area (TPSA) is 34.5 Å². The highest BCUT2D eigenvalue weighted by Crippen LogP contribution is 2.46. The molecule has 0 N–H and O–H groups in total. The van der Waals surface area contributed by atoms with Crippen LogP contribution in [0.5, 0.6) is 0 Å². The van der Waals surface area contributed by atoms with E-state index in [1.807, 2.05) is 12.1 Å². The Kier molecular flexibility index (Phi) is 7.61. The first kappa shape index (κ1) is 34.6. The number of aromatic nitrogens is 1. The summed E-state index contributed by atoms with van der Waals surface area (Å²) in [5.74, 6) is 0. The molecule has 0 saturated heterocycles. The Labute approximate surface area is 357 Å². The first-order valence-electron chi connectivity index (χ1n) is 21.2. The van der Waals surface area contributed by atoms with E-state index in [0.29, 0.717) is 0 Å². The van der Waals surface area contributed by atoms with Crippen molar-refractivity contribution in [3.8, 4) is 27.9 Å². The molecule has 0 spiro atoms. The average Bonchev–Trinajstić information content (AvgIpc) is 4.02. The number of para-hydroxylation sites is 4. The summed E-state index contributed by atoms with van der Waals surface area (Å²) in [7, 11) is 0. The predicted octanol–water partition coefficient (Wildman–Crippen LogP) is 15.9. The van der Waals surface area contributed by atoms with Crippen molar-refractivity contribution in [3.63, 3.8) is 0 Å². The highest BCUT2D eigenvalue weighted by molar-refractivity contribution is 6.19. The SMILES string of the molecule is c1c(-c2ccccc2-n2c3c(c4ccccc42)C=CCC3)ccc(N(c2cccc(-c3cccc4c3oc3ccccc34)c2)c2cccc3oc4c5ccccc5ccc4c23)c#1. The van der Waals surface area contributed by atoms with Crippen molar-refractivity contribution in [3.05, 3.63) is 211 Å². The Morgan fingerprint density at radius 3 is 2.23 bits per heavy atom.